The zero-order valence-electron chi connectivity index (χ0n) is 6.60. The van der Waals surface area contributed by atoms with Gasteiger partial charge in [0.05, 0.1) is 6.04 Å². The minimum atomic E-state index is -0.230. The molecule has 1 N–H and O–H groups in total. The van der Waals surface area contributed by atoms with E-state index in [1.54, 1.807) is 0 Å². The Balaban J connectivity index is 2.30. The molecule has 1 heterocycles. The zero-order chi connectivity index (χ0) is 8.39. The quantitative estimate of drug-likeness (QED) is 0.608. The van der Waals surface area contributed by atoms with Gasteiger partial charge in [0.2, 0.25) is 0 Å². The number of aromatic amines is 1. The highest BCUT2D eigenvalue weighted by molar-refractivity contribution is 4.95. The SMILES string of the molecule is O=c1[nH]nnn1C1C=CCCC1. The molecule has 0 amide bonds. The van der Waals surface area contributed by atoms with Crippen LogP contribution >= 0.6 is 0 Å². The molecule has 1 aliphatic rings. The number of hydrogen-bond acceptors (Lipinski definition) is 3. The second kappa shape index (κ2) is 2.92. The number of hydrogen-bond donors (Lipinski definition) is 1. The molecule has 0 saturated carbocycles. The van der Waals surface area contributed by atoms with Gasteiger partial charge in [-0.05, 0) is 29.7 Å². The van der Waals surface area contributed by atoms with Gasteiger partial charge in [-0.1, -0.05) is 12.2 Å². The molecule has 0 radical (unpaired) electrons. The van der Waals surface area contributed by atoms with E-state index in [-0.39, 0.29) is 11.7 Å². The van der Waals surface area contributed by atoms with Crippen LogP contribution in [-0.2, 0) is 0 Å². The van der Waals surface area contributed by atoms with Crippen LogP contribution < -0.4 is 5.69 Å². The van der Waals surface area contributed by atoms with Gasteiger partial charge in [0.1, 0.15) is 0 Å². The first-order chi connectivity index (χ1) is 5.88. The second-order valence-corrected chi connectivity index (χ2v) is 2.88. The molecule has 0 aromatic carbocycles. The fourth-order valence-electron chi connectivity index (χ4n) is 1.42. The third-order valence-electron chi connectivity index (χ3n) is 2.04. The molecule has 1 atom stereocenters. The largest absolute Gasteiger partial charge is 0.361 e. The zero-order valence-corrected chi connectivity index (χ0v) is 6.60. The monoisotopic (exact) mass is 166 g/mol. The Kier molecular flexibility index (Phi) is 1.77. The van der Waals surface area contributed by atoms with Crippen molar-refractivity contribution in [3.63, 3.8) is 0 Å². The third-order valence-corrected chi connectivity index (χ3v) is 2.04. The highest BCUT2D eigenvalue weighted by Gasteiger charge is 2.13. The first kappa shape index (κ1) is 7.27. The van der Waals surface area contributed by atoms with Gasteiger partial charge in [-0.3, -0.25) is 0 Å². The lowest BCUT2D eigenvalue weighted by Gasteiger charge is -2.13. The maximum absolute atomic E-state index is 11.1. The molecule has 1 aromatic rings. The van der Waals surface area contributed by atoms with Crippen molar-refractivity contribution in [1.29, 1.82) is 0 Å². The van der Waals surface area contributed by atoms with Crippen molar-refractivity contribution < 1.29 is 0 Å². The summed E-state index contributed by atoms with van der Waals surface area (Å²) in [7, 11) is 0. The van der Waals surface area contributed by atoms with Crippen LogP contribution in [0.4, 0.5) is 0 Å². The van der Waals surface area contributed by atoms with E-state index in [4.69, 9.17) is 0 Å². The van der Waals surface area contributed by atoms with Gasteiger partial charge in [0.15, 0.2) is 0 Å². The average molecular weight is 166 g/mol. The number of allylic oxidation sites excluding steroid dienone is 2. The normalized spacial score (nSPS) is 22.8. The Morgan fingerprint density at radius 2 is 2.58 bits per heavy atom. The van der Waals surface area contributed by atoms with Gasteiger partial charge < -0.3 is 0 Å². The van der Waals surface area contributed by atoms with Crippen LogP contribution in [0.3, 0.4) is 0 Å². The predicted octanol–water partition coefficient (Wildman–Crippen LogP) is 0.248. The Morgan fingerprint density at radius 3 is 3.17 bits per heavy atom. The molecule has 12 heavy (non-hydrogen) atoms. The van der Waals surface area contributed by atoms with E-state index >= 15 is 0 Å². The van der Waals surface area contributed by atoms with Crippen LogP contribution in [0.1, 0.15) is 25.3 Å². The van der Waals surface area contributed by atoms with Crippen molar-refractivity contribution >= 4 is 0 Å². The minimum absolute atomic E-state index is 0.102. The molecule has 1 aromatic heterocycles. The van der Waals surface area contributed by atoms with Crippen LogP contribution in [0.5, 0.6) is 0 Å². The molecule has 1 aliphatic carbocycles. The molecule has 0 saturated heterocycles. The standard InChI is InChI=1S/C7H10N4O/c12-7-8-9-10-11(7)6-4-2-1-3-5-6/h2,4,6H,1,3,5H2,(H,8,10,12). The summed E-state index contributed by atoms with van der Waals surface area (Å²) < 4.78 is 1.38. The first-order valence-corrected chi connectivity index (χ1v) is 4.04. The number of nitrogens with zero attached hydrogens (tertiary/aromatic N) is 3. The van der Waals surface area contributed by atoms with Crippen molar-refractivity contribution in [2.75, 3.05) is 0 Å². The lowest BCUT2D eigenvalue weighted by atomic mass is 10.0. The molecular formula is C7H10N4O. The summed E-state index contributed by atoms with van der Waals surface area (Å²) in [6, 6.07) is 0.102. The maximum atomic E-state index is 11.1. The van der Waals surface area contributed by atoms with Gasteiger partial charge in [-0.15, -0.1) is 0 Å². The summed E-state index contributed by atoms with van der Waals surface area (Å²) >= 11 is 0. The van der Waals surface area contributed by atoms with Crippen LogP contribution in [0.25, 0.3) is 0 Å². The van der Waals surface area contributed by atoms with E-state index in [0.29, 0.717) is 0 Å². The van der Waals surface area contributed by atoms with Crippen molar-refractivity contribution in [1.82, 2.24) is 20.2 Å². The Labute approximate surface area is 69.1 Å². The topological polar surface area (TPSA) is 63.6 Å². The average Bonchev–Trinajstić information content (AvgIpc) is 2.53. The van der Waals surface area contributed by atoms with E-state index < -0.39 is 0 Å². The van der Waals surface area contributed by atoms with Gasteiger partial charge in [-0.2, -0.15) is 4.68 Å². The number of rotatable bonds is 1. The van der Waals surface area contributed by atoms with E-state index in [9.17, 15) is 4.79 Å². The lowest BCUT2D eigenvalue weighted by molar-refractivity contribution is 0.452. The summed E-state index contributed by atoms with van der Waals surface area (Å²) in [5, 5.41) is 9.40. The van der Waals surface area contributed by atoms with Crippen molar-refractivity contribution in [2.45, 2.75) is 25.3 Å². The molecule has 0 spiro atoms. The van der Waals surface area contributed by atoms with Crippen LogP contribution in [-0.4, -0.2) is 20.2 Å². The maximum Gasteiger partial charge on any atom is 0.361 e. The minimum Gasteiger partial charge on any atom is -0.244 e. The van der Waals surface area contributed by atoms with E-state index in [2.05, 4.69) is 21.6 Å². The van der Waals surface area contributed by atoms with Gasteiger partial charge >= 0.3 is 5.69 Å². The summed E-state index contributed by atoms with van der Waals surface area (Å²) in [6.07, 6.45) is 7.27. The Bertz CT molecular complexity index is 337. The highest BCUT2D eigenvalue weighted by atomic mass is 16.2. The first-order valence-electron chi connectivity index (χ1n) is 4.04. The highest BCUT2D eigenvalue weighted by Crippen LogP contribution is 2.18. The van der Waals surface area contributed by atoms with Crippen molar-refractivity contribution in [3.8, 4) is 0 Å². The molecule has 0 fully saturated rings. The summed E-state index contributed by atoms with van der Waals surface area (Å²) in [6.45, 7) is 0. The number of aromatic nitrogens is 4. The Morgan fingerprint density at radius 1 is 1.67 bits per heavy atom. The third kappa shape index (κ3) is 1.17. The van der Waals surface area contributed by atoms with Gasteiger partial charge in [0, 0.05) is 0 Å². The molecule has 1 unspecified atom stereocenters. The van der Waals surface area contributed by atoms with E-state index in [1.807, 2.05) is 6.08 Å². The second-order valence-electron chi connectivity index (χ2n) is 2.88. The van der Waals surface area contributed by atoms with Gasteiger partial charge in [0.25, 0.3) is 0 Å². The van der Waals surface area contributed by atoms with Crippen LogP contribution in [0.15, 0.2) is 16.9 Å². The van der Waals surface area contributed by atoms with Crippen LogP contribution in [0, 0.1) is 0 Å². The molecule has 64 valence electrons. The summed E-state index contributed by atoms with van der Waals surface area (Å²) in [5.74, 6) is 0. The molecule has 2 rings (SSSR count). The Hall–Kier alpha value is -1.39. The van der Waals surface area contributed by atoms with E-state index in [1.165, 1.54) is 4.68 Å². The molecule has 0 aliphatic heterocycles. The lowest BCUT2D eigenvalue weighted by Crippen LogP contribution is -2.23. The fourth-order valence-corrected chi connectivity index (χ4v) is 1.42. The molecular weight excluding hydrogens is 156 g/mol. The van der Waals surface area contributed by atoms with E-state index in [0.717, 1.165) is 19.3 Å². The number of tetrazole rings is 1. The fraction of sp³-hybridized carbons (Fsp3) is 0.571. The number of nitrogens with one attached hydrogen (secondary N) is 1. The van der Waals surface area contributed by atoms with Gasteiger partial charge in [-0.25, -0.2) is 9.89 Å². The predicted molar refractivity (Wildman–Crippen MR) is 42.7 cm³/mol. The number of H-pyrrole nitrogens is 1. The summed E-state index contributed by atoms with van der Waals surface area (Å²) in [5.41, 5.74) is -0.230. The molecule has 0 bridgehead atoms. The van der Waals surface area contributed by atoms with Crippen molar-refractivity contribution in [3.05, 3.63) is 22.6 Å². The smallest absolute Gasteiger partial charge is 0.244 e. The molecule has 5 heteroatoms. The van der Waals surface area contributed by atoms with Crippen LogP contribution in [0.2, 0.25) is 0 Å². The van der Waals surface area contributed by atoms with Crippen molar-refractivity contribution in [2.24, 2.45) is 0 Å². The molecule has 5 nitrogen and oxygen atoms in total. The summed E-state index contributed by atoms with van der Waals surface area (Å²) in [4.78, 5) is 11.1.